The monoisotopic (exact) mass is 667 g/mol. The van der Waals surface area contributed by atoms with Gasteiger partial charge in [-0.2, -0.15) is 0 Å². The summed E-state index contributed by atoms with van der Waals surface area (Å²) < 4.78 is 12.8. The van der Waals surface area contributed by atoms with Crippen molar-refractivity contribution < 1.29 is 8.83 Å². The Kier molecular flexibility index (Phi) is 6.25. The summed E-state index contributed by atoms with van der Waals surface area (Å²) in [6.45, 7) is 0. The molecule has 244 valence electrons. The Morgan fingerprint density at radius 2 is 1.12 bits per heavy atom. The minimum absolute atomic E-state index is 0.385. The first-order valence-corrected chi connectivity index (χ1v) is 17.5. The Labute approximate surface area is 298 Å². The van der Waals surface area contributed by atoms with Crippen LogP contribution in [-0.4, -0.2) is 11.7 Å². The van der Waals surface area contributed by atoms with E-state index >= 15 is 0 Å². The van der Waals surface area contributed by atoms with Crippen LogP contribution in [0.2, 0.25) is 0 Å². The molecule has 0 bridgehead atoms. The lowest BCUT2D eigenvalue weighted by Gasteiger charge is -2.24. The molecule has 0 aliphatic carbocycles. The third-order valence-corrected chi connectivity index (χ3v) is 10.3. The van der Waals surface area contributed by atoms with Crippen LogP contribution >= 0.6 is 0 Å². The highest BCUT2D eigenvalue weighted by atomic mass is 16.3. The molecule has 0 saturated carbocycles. The summed E-state index contributed by atoms with van der Waals surface area (Å²) in [6.07, 6.45) is -0.385. The molecular formula is C47H29N3O2. The summed E-state index contributed by atoms with van der Waals surface area (Å²) in [4.78, 5) is 10.4. The van der Waals surface area contributed by atoms with Gasteiger partial charge in [-0.3, -0.25) is 0 Å². The van der Waals surface area contributed by atoms with Gasteiger partial charge in [0.25, 0.3) is 0 Å². The van der Waals surface area contributed by atoms with Gasteiger partial charge in [-0.25, -0.2) is 9.98 Å². The summed E-state index contributed by atoms with van der Waals surface area (Å²) in [5, 5.41) is 12.8. The van der Waals surface area contributed by atoms with Gasteiger partial charge in [-0.05, 0) is 69.1 Å². The summed E-state index contributed by atoms with van der Waals surface area (Å²) in [6, 6.07) is 57.0. The number of hydrogen-bond acceptors (Lipinski definition) is 5. The predicted molar refractivity (Wildman–Crippen MR) is 213 cm³/mol. The average Bonchev–Trinajstić information content (AvgIpc) is 3.78. The van der Waals surface area contributed by atoms with Gasteiger partial charge in [0.15, 0.2) is 5.84 Å². The molecule has 1 unspecified atom stereocenters. The van der Waals surface area contributed by atoms with Crippen molar-refractivity contribution in [3.05, 3.63) is 180 Å². The van der Waals surface area contributed by atoms with Crippen LogP contribution in [0.5, 0.6) is 0 Å². The number of para-hydroxylation sites is 1. The Balaban J connectivity index is 1.05. The van der Waals surface area contributed by atoms with Gasteiger partial charge in [-0.15, -0.1) is 0 Å². The second kappa shape index (κ2) is 11.3. The van der Waals surface area contributed by atoms with Crippen LogP contribution in [-0.2, 0) is 0 Å². The first kappa shape index (κ1) is 28.8. The number of benzene rings is 8. The van der Waals surface area contributed by atoms with E-state index in [1.54, 1.807) is 0 Å². The minimum atomic E-state index is -0.385. The zero-order valence-electron chi connectivity index (χ0n) is 27.9. The molecule has 0 saturated heterocycles. The molecule has 10 aromatic rings. The maximum atomic E-state index is 6.57. The van der Waals surface area contributed by atoms with E-state index in [-0.39, 0.29) is 6.17 Å². The van der Waals surface area contributed by atoms with E-state index in [0.29, 0.717) is 5.84 Å². The number of nitrogens with one attached hydrogen (secondary N) is 1. The first-order valence-electron chi connectivity index (χ1n) is 17.5. The number of fused-ring (bicyclic) bond motifs is 9. The molecule has 0 spiro atoms. The van der Waals surface area contributed by atoms with Crippen molar-refractivity contribution in [2.45, 2.75) is 6.17 Å². The number of aliphatic imine (C=N–C) groups is 2. The molecule has 3 heterocycles. The van der Waals surface area contributed by atoms with Crippen molar-refractivity contribution in [2.75, 3.05) is 0 Å². The molecule has 0 radical (unpaired) electrons. The van der Waals surface area contributed by atoms with E-state index in [9.17, 15) is 0 Å². The topological polar surface area (TPSA) is 63.0 Å². The summed E-state index contributed by atoms with van der Waals surface area (Å²) in [7, 11) is 0. The summed E-state index contributed by atoms with van der Waals surface area (Å²) in [5.74, 6) is 1.40. The van der Waals surface area contributed by atoms with Crippen LogP contribution in [0.4, 0.5) is 0 Å². The molecule has 0 amide bonds. The van der Waals surface area contributed by atoms with E-state index in [1.807, 2.05) is 48.5 Å². The molecule has 52 heavy (non-hydrogen) atoms. The maximum absolute atomic E-state index is 6.57. The number of furan rings is 2. The number of rotatable bonds is 4. The molecule has 0 fully saturated rings. The van der Waals surface area contributed by atoms with Crippen molar-refractivity contribution in [1.29, 1.82) is 0 Å². The number of nitrogens with zero attached hydrogens (tertiary/aromatic N) is 2. The van der Waals surface area contributed by atoms with Crippen LogP contribution in [0, 0.1) is 0 Å². The Morgan fingerprint density at radius 3 is 2.04 bits per heavy atom. The lowest BCUT2D eigenvalue weighted by Crippen LogP contribution is -2.33. The summed E-state index contributed by atoms with van der Waals surface area (Å²) >= 11 is 0. The van der Waals surface area contributed by atoms with Crippen molar-refractivity contribution in [2.24, 2.45) is 9.98 Å². The van der Waals surface area contributed by atoms with E-state index in [4.69, 9.17) is 18.8 Å². The quantitative estimate of drug-likeness (QED) is 0.190. The SMILES string of the molecule is c1ccc(C2=NC(c3cccc4oc5cc(-c6ccc7ccc8ccccc8c7c6)ccc5c34)=NC(c3ccc4c(c3)oc3ccccc34)N2)cc1. The fourth-order valence-corrected chi connectivity index (χ4v) is 7.77. The Hall–Kier alpha value is -6.98. The van der Waals surface area contributed by atoms with Crippen LogP contribution in [0.25, 0.3) is 76.5 Å². The fraction of sp³-hybridized carbons (Fsp3) is 0.0213. The Bertz CT molecular complexity index is 3110. The van der Waals surface area contributed by atoms with Crippen LogP contribution in [0.15, 0.2) is 183 Å². The van der Waals surface area contributed by atoms with Gasteiger partial charge in [0, 0.05) is 38.2 Å². The van der Waals surface area contributed by atoms with Crippen molar-refractivity contribution in [1.82, 2.24) is 5.32 Å². The van der Waals surface area contributed by atoms with E-state index in [1.165, 1.54) is 21.5 Å². The third kappa shape index (κ3) is 4.56. The predicted octanol–water partition coefficient (Wildman–Crippen LogP) is 12.0. The highest BCUT2D eigenvalue weighted by Crippen LogP contribution is 2.38. The lowest BCUT2D eigenvalue weighted by molar-refractivity contribution is 0.655. The molecule has 5 heteroatoms. The van der Waals surface area contributed by atoms with Crippen molar-refractivity contribution in [3.8, 4) is 11.1 Å². The molecule has 11 rings (SSSR count). The molecular weight excluding hydrogens is 639 g/mol. The number of hydrogen-bond donors (Lipinski definition) is 1. The molecule has 8 aromatic carbocycles. The van der Waals surface area contributed by atoms with Crippen molar-refractivity contribution in [3.63, 3.8) is 0 Å². The largest absolute Gasteiger partial charge is 0.456 e. The van der Waals surface area contributed by atoms with Crippen LogP contribution < -0.4 is 5.32 Å². The standard InChI is InChI=1S/C47H29N3O2/c1-2-10-30(11-3-1)45-48-46(33-22-23-36-35-13-6-7-15-40(35)51-42(36)27-33)50-47(49-45)38-14-8-16-41-44(38)37-24-21-32(26-43(37)52-41)31-20-19-29-18-17-28-9-4-5-12-34(28)39(29)25-31/h1-27,46H,(H,48,49,50). The second-order valence-corrected chi connectivity index (χ2v) is 13.4. The average molecular weight is 668 g/mol. The van der Waals surface area contributed by atoms with Gasteiger partial charge in [0.05, 0.1) is 0 Å². The normalized spacial score (nSPS) is 14.7. The highest BCUT2D eigenvalue weighted by molar-refractivity contribution is 6.22. The molecule has 2 aromatic heterocycles. The second-order valence-electron chi connectivity index (χ2n) is 13.4. The van der Waals surface area contributed by atoms with Gasteiger partial charge in [0.2, 0.25) is 0 Å². The van der Waals surface area contributed by atoms with E-state index in [2.05, 4.69) is 121 Å². The third-order valence-electron chi connectivity index (χ3n) is 10.3. The molecule has 1 N–H and O–H groups in total. The lowest BCUT2D eigenvalue weighted by atomic mass is 9.96. The van der Waals surface area contributed by atoms with Crippen molar-refractivity contribution >= 4 is 77.1 Å². The zero-order chi connectivity index (χ0) is 34.2. The number of amidine groups is 2. The van der Waals surface area contributed by atoms with Gasteiger partial charge in [-0.1, -0.05) is 127 Å². The molecule has 1 atom stereocenters. The smallest absolute Gasteiger partial charge is 0.160 e. The highest BCUT2D eigenvalue weighted by Gasteiger charge is 2.24. The maximum Gasteiger partial charge on any atom is 0.160 e. The van der Waals surface area contributed by atoms with Gasteiger partial charge in [0.1, 0.15) is 34.3 Å². The van der Waals surface area contributed by atoms with Crippen LogP contribution in [0.1, 0.15) is 22.9 Å². The fourth-order valence-electron chi connectivity index (χ4n) is 7.77. The molecule has 1 aliphatic rings. The van der Waals surface area contributed by atoms with E-state index in [0.717, 1.165) is 77.5 Å². The molecule has 5 nitrogen and oxygen atoms in total. The van der Waals surface area contributed by atoms with Gasteiger partial charge >= 0.3 is 0 Å². The first-order chi connectivity index (χ1) is 25.7. The Morgan fingerprint density at radius 1 is 0.442 bits per heavy atom. The van der Waals surface area contributed by atoms with Gasteiger partial charge < -0.3 is 14.2 Å². The summed E-state index contributed by atoms with van der Waals surface area (Å²) in [5.41, 5.74) is 8.48. The molecule has 1 aliphatic heterocycles. The van der Waals surface area contributed by atoms with Crippen LogP contribution in [0.3, 0.4) is 0 Å². The zero-order valence-corrected chi connectivity index (χ0v) is 27.9. The minimum Gasteiger partial charge on any atom is -0.456 e. The van der Waals surface area contributed by atoms with E-state index < -0.39 is 0 Å².